The summed E-state index contributed by atoms with van der Waals surface area (Å²) in [5.74, 6) is -1.45. The number of rotatable bonds is 7. The van der Waals surface area contributed by atoms with Gasteiger partial charge in [-0.05, 0) is 42.7 Å². The fourth-order valence-electron chi connectivity index (χ4n) is 2.49. The summed E-state index contributed by atoms with van der Waals surface area (Å²) >= 11 is 0. The molecule has 0 saturated heterocycles. The van der Waals surface area contributed by atoms with Gasteiger partial charge in [0.25, 0.3) is 5.91 Å². The van der Waals surface area contributed by atoms with Gasteiger partial charge in [0, 0.05) is 12.0 Å². The average Bonchev–Trinajstić information content (AvgIpc) is 2.62. The zero-order chi connectivity index (χ0) is 19.1. The lowest BCUT2D eigenvalue weighted by Gasteiger charge is -2.16. The zero-order valence-corrected chi connectivity index (χ0v) is 14.9. The largest absolute Gasteiger partial charge is 0.368 e. The van der Waals surface area contributed by atoms with Crippen molar-refractivity contribution in [1.29, 1.82) is 0 Å². The molecule has 0 aliphatic rings. The van der Waals surface area contributed by atoms with Gasteiger partial charge in [0.15, 0.2) is 0 Å². The molecule has 0 fully saturated rings. The number of carbonyl (C=O) groups is 3. The lowest BCUT2D eigenvalue weighted by atomic mass is 10.0. The van der Waals surface area contributed by atoms with Crippen LogP contribution in [-0.2, 0) is 16.0 Å². The van der Waals surface area contributed by atoms with Crippen molar-refractivity contribution in [3.63, 3.8) is 0 Å². The Kier molecular flexibility index (Phi) is 6.49. The molecule has 2 aromatic rings. The lowest BCUT2D eigenvalue weighted by molar-refractivity contribution is -0.126. The van der Waals surface area contributed by atoms with Crippen LogP contribution in [0.3, 0.4) is 0 Å². The first-order valence-electron chi connectivity index (χ1n) is 8.35. The van der Waals surface area contributed by atoms with Gasteiger partial charge in [-0.25, -0.2) is 0 Å². The zero-order valence-electron chi connectivity index (χ0n) is 14.9. The highest BCUT2D eigenvalue weighted by molar-refractivity contribution is 5.97. The van der Waals surface area contributed by atoms with Crippen LogP contribution in [0.2, 0.25) is 0 Å². The highest BCUT2D eigenvalue weighted by Gasteiger charge is 2.19. The minimum atomic E-state index is -0.835. The second-order valence-electron chi connectivity index (χ2n) is 6.19. The number of carbonyl (C=O) groups excluding carboxylic acids is 3. The molecule has 6 nitrogen and oxygen atoms in total. The first-order chi connectivity index (χ1) is 12.4. The number of benzene rings is 2. The van der Waals surface area contributed by atoms with E-state index >= 15 is 0 Å². The number of nitrogens with one attached hydrogen (secondary N) is 2. The van der Waals surface area contributed by atoms with Crippen molar-refractivity contribution in [1.82, 2.24) is 10.6 Å². The fraction of sp³-hybridized carbons (Fsp3) is 0.250. The standard InChI is InChI=1S/C20H23N3O3/c1-13-8-9-15(10-14(13)2)11-17(19(21)25)23-18(24)12-22-20(26)16-6-4-3-5-7-16/h3-10,17H,11-12H2,1-2H3,(H2,21,25)(H,22,26)(H,23,24)/t17-/m0/s1. The van der Waals surface area contributed by atoms with E-state index in [1.165, 1.54) is 0 Å². The third-order valence-corrected chi connectivity index (χ3v) is 4.14. The van der Waals surface area contributed by atoms with Gasteiger partial charge >= 0.3 is 0 Å². The lowest BCUT2D eigenvalue weighted by Crippen LogP contribution is -2.49. The van der Waals surface area contributed by atoms with E-state index in [9.17, 15) is 14.4 Å². The fourth-order valence-corrected chi connectivity index (χ4v) is 2.49. The van der Waals surface area contributed by atoms with E-state index in [0.717, 1.165) is 16.7 Å². The Morgan fingerprint density at radius 2 is 1.69 bits per heavy atom. The Balaban J connectivity index is 1.92. The van der Waals surface area contributed by atoms with Crippen molar-refractivity contribution >= 4 is 17.7 Å². The molecule has 26 heavy (non-hydrogen) atoms. The number of aryl methyl sites for hydroxylation is 2. The maximum Gasteiger partial charge on any atom is 0.251 e. The molecule has 0 radical (unpaired) electrons. The van der Waals surface area contributed by atoms with Gasteiger partial charge in [-0.3, -0.25) is 14.4 Å². The molecule has 6 heteroatoms. The molecule has 0 saturated carbocycles. The van der Waals surface area contributed by atoms with Crippen LogP contribution in [0.5, 0.6) is 0 Å². The smallest absolute Gasteiger partial charge is 0.251 e. The molecular formula is C20H23N3O3. The highest BCUT2D eigenvalue weighted by Crippen LogP contribution is 2.11. The maximum atomic E-state index is 12.1. The molecule has 2 aromatic carbocycles. The molecule has 0 aliphatic heterocycles. The average molecular weight is 353 g/mol. The first-order valence-corrected chi connectivity index (χ1v) is 8.35. The predicted octanol–water partition coefficient (Wildman–Crippen LogP) is 1.25. The monoisotopic (exact) mass is 353 g/mol. The SMILES string of the molecule is Cc1ccc(C[C@H](NC(=O)CNC(=O)c2ccccc2)C(N)=O)cc1C. The van der Waals surface area contributed by atoms with E-state index in [0.29, 0.717) is 12.0 Å². The van der Waals surface area contributed by atoms with Crippen molar-refractivity contribution in [2.45, 2.75) is 26.3 Å². The van der Waals surface area contributed by atoms with Crippen molar-refractivity contribution in [3.05, 3.63) is 70.8 Å². The number of primary amides is 1. The normalized spacial score (nSPS) is 11.5. The van der Waals surface area contributed by atoms with E-state index in [-0.39, 0.29) is 12.5 Å². The summed E-state index contributed by atoms with van der Waals surface area (Å²) in [6.07, 6.45) is 0.300. The third-order valence-electron chi connectivity index (χ3n) is 4.14. The van der Waals surface area contributed by atoms with E-state index in [1.807, 2.05) is 32.0 Å². The molecule has 0 bridgehead atoms. The molecule has 0 unspecified atom stereocenters. The molecule has 3 amide bonds. The van der Waals surface area contributed by atoms with Crippen LogP contribution < -0.4 is 16.4 Å². The van der Waals surface area contributed by atoms with Crippen LogP contribution in [0.15, 0.2) is 48.5 Å². The molecule has 2 rings (SSSR count). The van der Waals surface area contributed by atoms with Gasteiger partial charge in [0.05, 0.1) is 6.54 Å². The molecule has 136 valence electrons. The van der Waals surface area contributed by atoms with Crippen molar-refractivity contribution < 1.29 is 14.4 Å². The van der Waals surface area contributed by atoms with Crippen LogP contribution >= 0.6 is 0 Å². The van der Waals surface area contributed by atoms with Gasteiger partial charge in [0.1, 0.15) is 6.04 Å². The Morgan fingerprint density at radius 3 is 2.31 bits per heavy atom. The van der Waals surface area contributed by atoms with Crippen molar-refractivity contribution in [2.24, 2.45) is 5.73 Å². The van der Waals surface area contributed by atoms with Crippen molar-refractivity contribution in [2.75, 3.05) is 6.54 Å². The van der Waals surface area contributed by atoms with Crippen LogP contribution in [0, 0.1) is 13.8 Å². The van der Waals surface area contributed by atoms with E-state index < -0.39 is 17.9 Å². The number of hydrogen-bond donors (Lipinski definition) is 3. The minimum absolute atomic E-state index is 0.232. The van der Waals surface area contributed by atoms with E-state index in [4.69, 9.17) is 5.73 Å². The second kappa shape index (κ2) is 8.80. The van der Waals surface area contributed by atoms with Crippen LogP contribution in [0.1, 0.15) is 27.0 Å². The summed E-state index contributed by atoms with van der Waals surface area (Å²) < 4.78 is 0. The highest BCUT2D eigenvalue weighted by atomic mass is 16.2. The summed E-state index contributed by atoms with van der Waals surface area (Å²) in [5.41, 5.74) is 9.03. The van der Waals surface area contributed by atoms with Crippen LogP contribution in [-0.4, -0.2) is 30.3 Å². The van der Waals surface area contributed by atoms with Gasteiger partial charge < -0.3 is 16.4 Å². The summed E-state index contributed by atoms with van der Waals surface area (Å²) in [5, 5.41) is 5.10. The van der Waals surface area contributed by atoms with Crippen molar-refractivity contribution in [3.8, 4) is 0 Å². The van der Waals surface area contributed by atoms with Gasteiger partial charge in [-0.1, -0.05) is 36.4 Å². The topological polar surface area (TPSA) is 101 Å². The molecule has 0 aliphatic carbocycles. The summed E-state index contributed by atoms with van der Waals surface area (Å²) in [4.78, 5) is 35.7. The number of hydrogen-bond acceptors (Lipinski definition) is 3. The Morgan fingerprint density at radius 1 is 1.00 bits per heavy atom. The van der Waals surface area contributed by atoms with Crippen LogP contribution in [0.25, 0.3) is 0 Å². The minimum Gasteiger partial charge on any atom is -0.368 e. The van der Waals surface area contributed by atoms with Gasteiger partial charge in [-0.15, -0.1) is 0 Å². The molecule has 4 N–H and O–H groups in total. The molecule has 0 heterocycles. The summed E-state index contributed by atoms with van der Waals surface area (Å²) in [6, 6.07) is 13.6. The predicted molar refractivity (Wildman–Crippen MR) is 99.5 cm³/mol. The second-order valence-corrected chi connectivity index (χ2v) is 6.19. The number of amides is 3. The van der Waals surface area contributed by atoms with E-state index in [1.54, 1.807) is 30.3 Å². The Bertz CT molecular complexity index is 803. The molecule has 0 aromatic heterocycles. The van der Waals surface area contributed by atoms with Gasteiger partial charge in [-0.2, -0.15) is 0 Å². The van der Waals surface area contributed by atoms with Gasteiger partial charge in [0.2, 0.25) is 11.8 Å². The van der Waals surface area contributed by atoms with E-state index in [2.05, 4.69) is 10.6 Å². The first kappa shape index (κ1) is 19.2. The third kappa shape index (κ3) is 5.44. The summed E-state index contributed by atoms with van der Waals surface area (Å²) in [7, 11) is 0. The summed E-state index contributed by atoms with van der Waals surface area (Å²) in [6.45, 7) is 3.75. The Hall–Kier alpha value is -3.15. The number of nitrogens with two attached hydrogens (primary N) is 1. The Labute approximate surface area is 152 Å². The maximum absolute atomic E-state index is 12.1. The van der Waals surface area contributed by atoms with Crippen LogP contribution in [0.4, 0.5) is 0 Å². The molecular weight excluding hydrogens is 330 g/mol. The molecule has 0 spiro atoms. The molecule has 1 atom stereocenters. The quantitative estimate of drug-likeness (QED) is 0.698.